The fourth-order valence-electron chi connectivity index (χ4n) is 3.64. The standard InChI is InChI=1S/C16H28N2O3/c1-21-16(20)9-4-8-15(19)17-12-13-6-5-11-18-10-3-2-7-14(13)18/h13-14H,2-12H2,1H3,(H,17,19). The maximum Gasteiger partial charge on any atom is 0.305 e. The molecule has 2 aliphatic heterocycles. The van der Waals surface area contributed by atoms with E-state index in [0.717, 1.165) is 6.54 Å². The van der Waals surface area contributed by atoms with E-state index in [9.17, 15) is 9.59 Å². The average molecular weight is 296 g/mol. The predicted molar refractivity (Wildman–Crippen MR) is 80.8 cm³/mol. The first-order valence-electron chi connectivity index (χ1n) is 8.28. The smallest absolute Gasteiger partial charge is 0.305 e. The number of hydrogen-bond donors (Lipinski definition) is 1. The molecule has 2 heterocycles. The second kappa shape index (κ2) is 8.37. The lowest BCUT2D eigenvalue weighted by Crippen LogP contribution is -2.50. The number of rotatable bonds is 6. The highest BCUT2D eigenvalue weighted by Gasteiger charge is 2.32. The first kappa shape index (κ1) is 16.3. The van der Waals surface area contributed by atoms with Crippen LogP contribution >= 0.6 is 0 Å². The summed E-state index contributed by atoms with van der Waals surface area (Å²) in [7, 11) is 1.38. The van der Waals surface area contributed by atoms with Crippen LogP contribution in [0.15, 0.2) is 0 Å². The number of carbonyl (C=O) groups excluding carboxylic acids is 2. The summed E-state index contributed by atoms with van der Waals surface area (Å²) in [5.41, 5.74) is 0. The summed E-state index contributed by atoms with van der Waals surface area (Å²) in [6, 6.07) is 0.669. The van der Waals surface area contributed by atoms with Crippen molar-refractivity contribution in [2.24, 2.45) is 5.92 Å². The highest BCUT2D eigenvalue weighted by atomic mass is 16.5. The molecular formula is C16H28N2O3. The highest BCUT2D eigenvalue weighted by Crippen LogP contribution is 2.30. The number of methoxy groups -OCH3 is 1. The van der Waals surface area contributed by atoms with Crippen molar-refractivity contribution in [2.45, 2.75) is 57.4 Å². The van der Waals surface area contributed by atoms with Crippen molar-refractivity contribution in [1.29, 1.82) is 0 Å². The third-order valence-electron chi connectivity index (χ3n) is 4.80. The topological polar surface area (TPSA) is 58.6 Å². The number of carbonyl (C=O) groups is 2. The Morgan fingerprint density at radius 2 is 1.95 bits per heavy atom. The maximum absolute atomic E-state index is 11.8. The maximum atomic E-state index is 11.8. The first-order chi connectivity index (χ1) is 10.2. The number of fused-ring (bicyclic) bond motifs is 1. The van der Waals surface area contributed by atoms with Crippen molar-refractivity contribution in [3.05, 3.63) is 0 Å². The fraction of sp³-hybridized carbons (Fsp3) is 0.875. The number of nitrogens with one attached hydrogen (secondary N) is 1. The minimum absolute atomic E-state index is 0.0619. The summed E-state index contributed by atoms with van der Waals surface area (Å²) in [4.78, 5) is 25.4. The van der Waals surface area contributed by atoms with E-state index in [1.165, 1.54) is 52.3 Å². The molecule has 0 aromatic rings. The van der Waals surface area contributed by atoms with Crippen LogP contribution in [0.3, 0.4) is 0 Å². The minimum atomic E-state index is -0.243. The van der Waals surface area contributed by atoms with Crippen molar-refractivity contribution >= 4 is 11.9 Å². The summed E-state index contributed by atoms with van der Waals surface area (Å²) in [6.45, 7) is 3.25. The number of piperidine rings is 2. The summed E-state index contributed by atoms with van der Waals surface area (Å²) < 4.78 is 4.57. The molecule has 1 N–H and O–H groups in total. The Kier molecular flexibility index (Phi) is 6.49. The van der Waals surface area contributed by atoms with Crippen molar-refractivity contribution in [1.82, 2.24) is 10.2 Å². The Balaban J connectivity index is 1.66. The van der Waals surface area contributed by atoms with Gasteiger partial charge in [-0.1, -0.05) is 6.42 Å². The number of hydrogen-bond acceptors (Lipinski definition) is 4. The van der Waals surface area contributed by atoms with Gasteiger partial charge in [-0.3, -0.25) is 9.59 Å². The third kappa shape index (κ3) is 4.99. The van der Waals surface area contributed by atoms with Crippen LogP contribution in [0.2, 0.25) is 0 Å². The molecule has 120 valence electrons. The second-order valence-electron chi connectivity index (χ2n) is 6.24. The van der Waals surface area contributed by atoms with E-state index in [1.807, 2.05) is 0 Å². The molecule has 1 amide bonds. The number of esters is 1. The van der Waals surface area contributed by atoms with Crippen LogP contribution in [0.25, 0.3) is 0 Å². The number of ether oxygens (including phenoxy) is 1. The van der Waals surface area contributed by atoms with E-state index >= 15 is 0 Å². The van der Waals surface area contributed by atoms with E-state index in [-0.39, 0.29) is 11.9 Å². The van der Waals surface area contributed by atoms with Crippen molar-refractivity contribution in [3.63, 3.8) is 0 Å². The van der Waals surface area contributed by atoms with Gasteiger partial charge in [-0.25, -0.2) is 0 Å². The van der Waals surface area contributed by atoms with Crippen molar-refractivity contribution in [3.8, 4) is 0 Å². The Hall–Kier alpha value is -1.10. The molecule has 0 aromatic heterocycles. The zero-order chi connectivity index (χ0) is 15.1. The number of nitrogens with zero attached hydrogens (tertiary/aromatic N) is 1. The van der Waals surface area contributed by atoms with Crippen LogP contribution in [-0.2, 0) is 14.3 Å². The molecule has 0 aliphatic carbocycles. The van der Waals surface area contributed by atoms with Crippen LogP contribution < -0.4 is 5.32 Å². The van der Waals surface area contributed by atoms with E-state index in [1.54, 1.807) is 0 Å². The molecule has 2 rings (SSSR count). The summed E-state index contributed by atoms with van der Waals surface area (Å²) >= 11 is 0. The number of amides is 1. The van der Waals surface area contributed by atoms with Gasteiger partial charge in [0.25, 0.3) is 0 Å². The van der Waals surface area contributed by atoms with E-state index in [2.05, 4.69) is 15.0 Å². The lowest BCUT2D eigenvalue weighted by Gasteiger charge is -2.44. The van der Waals surface area contributed by atoms with Crippen molar-refractivity contribution < 1.29 is 14.3 Å². The van der Waals surface area contributed by atoms with Gasteiger partial charge in [-0.15, -0.1) is 0 Å². The molecule has 2 fully saturated rings. The third-order valence-corrected chi connectivity index (χ3v) is 4.80. The predicted octanol–water partition coefficient (Wildman–Crippen LogP) is 1.71. The normalized spacial score (nSPS) is 26.0. The molecular weight excluding hydrogens is 268 g/mol. The van der Waals surface area contributed by atoms with Gasteiger partial charge >= 0.3 is 5.97 Å². The van der Waals surface area contributed by atoms with Gasteiger partial charge in [0.2, 0.25) is 5.91 Å². The van der Waals surface area contributed by atoms with Gasteiger partial charge in [-0.05, 0) is 51.1 Å². The van der Waals surface area contributed by atoms with Gasteiger partial charge in [-0.2, -0.15) is 0 Å². The van der Waals surface area contributed by atoms with Crippen LogP contribution in [-0.4, -0.2) is 49.6 Å². The van der Waals surface area contributed by atoms with Crippen LogP contribution in [0.1, 0.15) is 51.4 Å². The molecule has 2 saturated heterocycles. The van der Waals surface area contributed by atoms with Gasteiger partial charge in [0.05, 0.1) is 7.11 Å². The summed E-state index contributed by atoms with van der Waals surface area (Å²) in [6.07, 6.45) is 7.71. The van der Waals surface area contributed by atoms with Crippen LogP contribution in [0.4, 0.5) is 0 Å². The van der Waals surface area contributed by atoms with Crippen LogP contribution in [0, 0.1) is 5.92 Å². The zero-order valence-corrected chi connectivity index (χ0v) is 13.1. The molecule has 2 unspecified atom stereocenters. The Bertz CT molecular complexity index is 357. The lowest BCUT2D eigenvalue weighted by molar-refractivity contribution is -0.140. The Labute approximate surface area is 127 Å². The molecule has 2 atom stereocenters. The lowest BCUT2D eigenvalue weighted by atomic mass is 9.83. The minimum Gasteiger partial charge on any atom is -0.469 e. The largest absolute Gasteiger partial charge is 0.469 e. The van der Waals surface area contributed by atoms with E-state index in [0.29, 0.717) is 31.2 Å². The zero-order valence-electron chi connectivity index (χ0n) is 13.1. The molecule has 5 nitrogen and oxygen atoms in total. The molecule has 0 spiro atoms. The van der Waals surface area contributed by atoms with Gasteiger partial charge in [0.1, 0.15) is 0 Å². The Morgan fingerprint density at radius 1 is 1.14 bits per heavy atom. The van der Waals surface area contributed by atoms with E-state index < -0.39 is 0 Å². The highest BCUT2D eigenvalue weighted by molar-refractivity contribution is 5.76. The average Bonchev–Trinajstić information content (AvgIpc) is 2.52. The van der Waals surface area contributed by atoms with Gasteiger partial charge in [0.15, 0.2) is 0 Å². The quantitative estimate of drug-likeness (QED) is 0.758. The molecule has 5 heteroatoms. The van der Waals surface area contributed by atoms with Crippen molar-refractivity contribution in [2.75, 3.05) is 26.7 Å². The molecule has 21 heavy (non-hydrogen) atoms. The summed E-state index contributed by atoms with van der Waals surface area (Å²) in [5, 5.41) is 3.06. The molecule has 0 radical (unpaired) electrons. The second-order valence-corrected chi connectivity index (χ2v) is 6.24. The van der Waals surface area contributed by atoms with E-state index in [4.69, 9.17) is 0 Å². The first-order valence-corrected chi connectivity index (χ1v) is 8.28. The SMILES string of the molecule is COC(=O)CCCC(=O)NCC1CCCN2CCCCC12. The van der Waals surface area contributed by atoms with Gasteiger partial charge < -0.3 is 15.0 Å². The van der Waals surface area contributed by atoms with Crippen LogP contribution in [0.5, 0.6) is 0 Å². The molecule has 0 bridgehead atoms. The van der Waals surface area contributed by atoms with Gasteiger partial charge in [0, 0.05) is 25.4 Å². The molecule has 2 aliphatic rings. The monoisotopic (exact) mass is 296 g/mol. The summed E-state index contributed by atoms with van der Waals surface area (Å²) in [5.74, 6) is 0.420. The Morgan fingerprint density at radius 3 is 2.76 bits per heavy atom. The molecule has 0 aromatic carbocycles. The molecule has 0 saturated carbocycles. The fourth-order valence-corrected chi connectivity index (χ4v) is 3.64.